The van der Waals surface area contributed by atoms with E-state index < -0.39 is 5.97 Å². The van der Waals surface area contributed by atoms with E-state index in [9.17, 15) is 4.79 Å². The summed E-state index contributed by atoms with van der Waals surface area (Å²) < 4.78 is 0. The Morgan fingerprint density at radius 3 is 2.60 bits per heavy atom. The van der Waals surface area contributed by atoms with Gasteiger partial charge in [-0.15, -0.1) is 0 Å². The fourth-order valence-corrected chi connectivity index (χ4v) is 2.71. The Labute approximate surface area is 92.5 Å². The number of piperidine rings is 1. The molecule has 1 heterocycles. The largest absolute Gasteiger partial charge is 0.481 e. The van der Waals surface area contributed by atoms with Gasteiger partial charge < -0.3 is 5.11 Å². The van der Waals surface area contributed by atoms with Crippen molar-refractivity contribution in [3.8, 4) is 0 Å². The second kappa shape index (κ2) is 4.97. The van der Waals surface area contributed by atoms with Gasteiger partial charge in [0.25, 0.3) is 0 Å². The zero-order chi connectivity index (χ0) is 11.6. The molecule has 3 nitrogen and oxygen atoms in total. The summed E-state index contributed by atoms with van der Waals surface area (Å²) in [6, 6.07) is 0.665. The first-order valence-electron chi connectivity index (χ1n) is 5.89. The van der Waals surface area contributed by atoms with Crippen LogP contribution >= 0.6 is 0 Å². The number of likely N-dealkylation sites (tertiary alicyclic amines) is 1. The highest BCUT2D eigenvalue weighted by Gasteiger charge is 2.32. The molecule has 3 heteroatoms. The van der Waals surface area contributed by atoms with Gasteiger partial charge in [-0.1, -0.05) is 13.8 Å². The highest BCUT2D eigenvalue weighted by molar-refractivity contribution is 5.67. The second-order valence-electron chi connectivity index (χ2n) is 5.20. The van der Waals surface area contributed by atoms with Gasteiger partial charge in [-0.25, -0.2) is 0 Å². The number of hydrogen-bond acceptors (Lipinski definition) is 2. The lowest BCUT2D eigenvalue weighted by Crippen LogP contribution is -2.50. The van der Waals surface area contributed by atoms with Crippen LogP contribution in [0.1, 0.15) is 40.5 Å². The maximum absolute atomic E-state index is 10.7. The van der Waals surface area contributed by atoms with Gasteiger partial charge in [-0.2, -0.15) is 0 Å². The van der Waals surface area contributed by atoms with Gasteiger partial charge in [0.15, 0.2) is 0 Å². The summed E-state index contributed by atoms with van der Waals surface area (Å²) >= 11 is 0. The number of carboxylic acid groups (broad SMARTS) is 1. The fourth-order valence-electron chi connectivity index (χ4n) is 2.71. The zero-order valence-corrected chi connectivity index (χ0v) is 10.2. The van der Waals surface area contributed by atoms with Gasteiger partial charge in [0.1, 0.15) is 0 Å². The van der Waals surface area contributed by atoms with Crippen LogP contribution in [0.15, 0.2) is 0 Å². The van der Waals surface area contributed by atoms with Gasteiger partial charge in [-0.05, 0) is 32.1 Å². The smallest absolute Gasteiger partial charge is 0.304 e. The Balaban J connectivity index is 2.61. The molecule has 4 atom stereocenters. The molecule has 1 N–H and O–H groups in total. The zero-order valence-electron chi connectivity index (χ0n) is 10.2. The monoisotopic (exact) mass is 213 g/mol. The summed E-state index contributed by atoms with van der Waals surface area (Å²) in [5.41, 5.74) is 0. The van der Waals surface area contributed by atoms with Gasteiger partial charge in [0, 0.05) is 18.6 Å². The van der Waals surface area contributed by atoms with Crippen LogP contribution in [0.3, 0.4) is 0 Å². The van der Waals surface area contributed by atoms with Crippen molar-refractivity contribution in [3.05, 3.63) is 0 Å². The van der Waals surface area contributed by atoms with Crippen LogP contribution in [0.5, 0.6) is 0 Å². The molecule has 1 aliphatic rings. The van der Waals surface area contributed by atoms with E-state index in [-0.39, 0.29) is 12.5 Å². The number of carboxylic acids is 1. The molecule has 15 heavy (non-hydrogen) atoms. The van der Waals surface area contributed by atoms with E-state index in [1.165, 1.54) is 6.42 Å². The van der Waals surface area contributed by atoms with Gasteiger partial charge in [0.2, 0.25) is 0 Å². The molecule has 1 rings (SSSR count). The molecule has 88 valence electrons. The Bertz CT molecular complexity index is 230. The highest BCUT2D eigenvalue weighted by Crippen LogP contribution is 2.28. The van der Waals surface area contributed by atoms with E-state index >= 15 is 0 Å². The summed E-state index contributed by atoms with van der Waals surface area (Å²) in [4.78, 5) is 13.0. The Hall–Kier alpha value is -0.570. The van der Waals surface area contributed by atoms with Crippen LogP contribution in [0.25, 0.3) is 0 Å². The van der Waals surface area contributed by atoms with Crippen molar-refractivity contribution in [1.29, 1.82) is 0 Å². The summed E-state index contributed by atoms with van der Waals surface area (Å²) in [5, 5.41) is 8.81. The van der Waals surface area contributed by atoms with Crippen LogP contribution in [-0.2, 0) is 4.79 Å². The highest BCUT2D eigenvalue weighted by atomic mass is 16.4. The Kier molecular flexibility index (Phi) is 4.14. The lowest BCUT2D eigenvalue weighted by Gasteiger charge is -2.44. The second-order valence-corrected chi connectivity index (χ2v) is 5.20. The van der Waals surface area contributed by atoms with E-state index in [1.54, 1.807) is 0 Å². The summed E-state index contributed by atoms with van der Waals surface area (Å²) in [5.74, 6) is 0.665. The van der Waals surface area contributed by atoms with Crippen LogP contribution in [0.2, 0.25) is 0 Å². The molecule has 4 unspecified atom stereocenters. The van der Waals surface area contributed by atoms with Crippen LogP contribution < -0.4 is 0 Å². The first-order valence-corrected chi connectivity index (χ1v) is 5.89. The molecule has 0 aromatic carbocycles. The first-order chi connectivity index (χ1) is 6.91. The topological polar surface area (TPSA) is 40.5 Å². The lowest BCUT2D eigenvalue weighted by molar-refractivity contribution is -0.138. The molecule has 0 radical (unpaired) electrons. The summed E-state index contributed by atoms with van der Waals surface area (Å²) in [6.45, 7) is 9.80. The molecule has 0 bridgehead atoms. The molecule has 1 saturated heterocycles. The van der Waals surface area contributed by atoms with Crippen molar-refractivity contribution in [1.82, 2.24) is 4.90 Å². The standard InChI is InChI=1S/C12H23NO2/c1-8-5-9(2)11(4)13(7-8)10(3)6-12(14)15/h8-11H,5-7H2,1-4H3,(H,14,15). The van der Waals surface area contributed by atoms with Crippen molar-refractivity contribution in [3.63, 3.8) is 0 Å². The number of carbonyl (C=O) groups is 1. The van der Waals surface area contributed by atoms with E-state index in [4.69, 9.17) is 5.11 Å². The van der Waals surface area contributed by atoms with E-state index in [0.29, 0.717) is 17.9 Å². The quantitative estimate of drug-likeness (QED) is 0.781. The molecule has 1 aliphatic heterocycles. The number of nitrogens with zero attached hydrogens (tertiary/aromatic N) is 1. The SMILES string of the molecule is CC1CC(C)C(C)N(C(C)CC(=O)O)C1. The minimum atomic E-state index is -0.694. The average molecular weight is 213 g/mol. The third kappa shape index (κ3) is 3.20. The number of rotatable bonds is 3. The molecule has 0 saturated carbocycles. The minimum Gasteiger partial charge on any atom is -0.481 e. The molecular weight excluding hydrogens is 190 g/mol. The van der Waals surface area contributed by atoms with E-state index in [0.717, 1.165) is 6.54 Å². The normalized spacial score (nSPS) is 35.1. The maximum Gasteiger partial charge on any atom is 0.304 e. The predicted octanol–water partition coefficient (Wildman–Crippen LogP) is 2.22. The van der Waals surface area contributed by atoms with Crippen molar-refractivity contribution in [2.75, 3.05) is 6.54 Å². The number of aliphatic carboxylic acids is 1. The first kappa shape index (κ1) is 12.5. The maximum atomic E-state index is 10.7. The molecule has 0 aromatic rings. The van der Waals surface area contributed by atoms with Crippen molar-refractivity contribution < 1.29 is 9.90 Å². The Morgan fingerprint density at radius 2 is 2.07 bits per heavy atom. The molecule has 0 aliphatic carbocycles. The molecular formula is C12H23NO2. The van der Waals surface area contributed by atoms with E-state index in [2.05, 4.69) is 25.7 Å². The summed E-state index contributed by atoms with van der Waals surface area (Å²) in [6.07, 6.45) is 1.52. The molecule has 1 fully saturated rings. The van der Waals surface area contributed by atoms with Gasteiger partial charge >= 0.3 is 5.97 Å². The van der Waals surface area contributed by atoms with Crippen LogP contribution in [0, 0.1) is 11.8 Å². The molecule has 0 aromatic heterocycles. The Morgan fingerprint density at radius 1 is 1.47 bits per heavy atom. The van der Waals surface area contributed by atoms with Crippen molar-refractivity contribution in [2.24, 2.45) is 11.8 Å². The third-order valence-corrected chi connectivity index (χ3v) is 3.68. The minimum absolute atomic E-state index is 0.155. The van der Waals surface area contributed by atoms with Crippen LogP contribution in [0.4, 0.5) is 0 Å². The number of hydrogen-bond donors (Lipinski definition) is 1. The average Bonchev–Trinajstić information content (AvgIpc) is 2.09. The predicted molar refractivity (Wildman–Crippen MR) is 60.8 cm³/mol. The third-order valence-electron chi connectivity index (χ3n) is 3.68. The van der Waals surface area contributed by atoms with E-state index in [1.807, 2.05) is 6.92 Å². The van der Waals surface area contributed by atoms with Crippen LogP contribution in [-0.4, -0.2) is 34.6 Å². The van der Waals surface area contributed by atoms with Crippen molar-refractivity contribution in [2.45, 2.75) is 52.6 Å². The van der Waals surface area contributed by atoms with Gasteiger partial charge in [0.05, 0.1) is 6.42 Å². The lowest BCUT2D eigenvalue weighted by atomic mass is 9.85. The van der Waals surface area contributed by atoms with Gasteiger partial charge in [-0.3, -0.25) is 9.69 Å². The molecule has 0 amide bonds. The fraction of sp³-hybridized carbons (Fsp3) is 0.917. The van der Waals surface area contributed by atoms with Crippen molar-refractivity contribution >= 4 is 5.97 Å². The molecule has 0 spiro atoms. The summed E-state index contributed by atoms with van der Waals surface area (Å²) in [7, 11) is 0.